The van der Waals surface area contributed by atoms with Crippen LogP contribution in [0.2, 0.25) is 0 Å². The molecule has 0 aliphatic heterocycles. The number of nitrogens with one attached hydrogen (secondary N) is 2. The number of carbonyl (C=O) groups excluding carboxylic acids is 2. The molecule has 31 heavy (non-hydrogen) atoms. The maximum atomic E-state index is 12.5. The van der Waals surface area contributed by atoms with Crippen molar-refractivity contribution in [1.82, 2.24) is 5.48 Å². The number of nitrogens with zero attached hydrogens (tertiary/aromatic N) is 1. The third-order valence-electron chi connectivity index (χ3n) is 4.20. The summed E-state index contributed by atoms with van der Waals surface area (Å²) < 4.78 is 10.9. The average molecular weight is 425 g/mol. The maximum Gasteiger partial charge on any atom is 0.412 e. The van der Waals surface area contributed by atoms with E-state index in [9.17, 15) is 9.59 Å². The van der Waals surface area contributed by atoms with Crippen molar-refractivity contribution in [3.05, 3.63) is 71.8 Å². The summed E-state index contributed by atoms with van der Waals surface area (Å²) in [5, 5.41) is 29.0. The van der Waals surface area contributed by atoms with Gasteiger partial charge >= 0.3 is 6.09 Å². The molecule has 2 amide bonds. The van der Waals surface area contributed by atoms with Crippen molar-refractivity contribution in [2.45, 2.75) is 13.0 Å². The highest BCUT2D eigenvalue weighted by Gasteiger charge is 2.22. The molecule has 0 saturated heterocycles. The highest BCUT2D eigenvalue weighted by molar-refractivity contribution is 5.86. The van der Waals surface area contributed by atoms with Gasteiger partial charge in [-0.2, -0.15) is 5.26 Å². The summed E-state index contributed by atoms with van der Waals surface area (Å²) in [5.74, 6) is -0.588. The van der Waals surface area contributed by atoms with Crippen LogP contribution in [0.4, 0.5) is 10.5 Å². The van der Waals surface area contributed by atoms with Crippen LogP contribution in [-0.2, 0) is 9.53 Å². The van der Waals surface area contributed by atoms with E-state index in [1.807, 2.05) is 6.07 Å². The Kier molecular flexibility index (Phi) is 9.04. The lowest BCUT2D eigenvalue weighted by molar-refractivity contribution is -0.124. The second-order valence-corrected chi connectivity index (χ2v) is 6.48. The van der Waals surface area contributed by atoms with Gasteiger partial charge in [0.1, 0.15) is 18.5 Å². The number of aliphatic hydroxyl groups excluding tert-OH is 1. The largest absolute Gasteiger partial charge is 0.491 e. The smallest absolute Gasteiger partial charge is 0.412 e. The molecule has 0 fully saturated rings. The number of ether oxygens (including phenoxy) is 2. The third-order valence-corrected chi connectivity index (χ3v) is 4.20. The summed E-state index contributed by atoms with van der Waals surface area (Å²) in [6.07, 6.45) is 1.16. The first-order valence-electron chi connectivity index (χ1n) is 9.40. The van der Waals surface area contributed by atoms with Crippen molar-refractivity contribution in [2.24, 2.45) is 5.92 Å². The van der Waals surface area contributed by atoms with Gasteiger partial charge in [0.05, 0.1) is 18.2 Å². The molecule has 0 aromatic heterocycles. The Labute approximate surface area is 179 Å². The number of carbonyl (C=O) groups is 2. The molecule has 9 nitrogen and oxygen atoms in total. The predicted molar refractivity (Wildman–Crippen MR) is 111 cm³/mol. The monoisotopic (exact) mass is 425 g/mol. The lowest BCUT2D eigenvalue weighted by Crippen LogP contribution is -2.22. The zero-order valence-electron chi connectivity index (χ0n) is 16.8. The minimum atomic E-state index is -0.756. The second-order valence-electron chi connectivity index (χ2n) is 6.48. The molecule has 0 radical (unpaired) electrons. The molecule has 0 saturated carbocycles. The molecular weight excluding hydrogens is 402 g/mol. The normalized spacial score (nSPS) is 12.5. The fourth-order valence-corrected chi connectivity index (χ4v) is 2.66. The van der Waals surface area contributed by atoms with Gasteiger partial charge in [-0.1, -0.05) is 25.1 Å². The lowest BCUT2D eigenvalue weighted by atomic mass is 9.96. The van der Waals surface area contributed by atoms with Crippen molar-refractivity contribution in [3.63, 3.8) is 0 Å². The summed E-state index contributed by atoms with van der Waals surface area (Å²) in [5.41, 5.74) is 3.07. The van der Waals surface area contributed by atoms with E-state index in [-0.39, 0.29) is 13.2 Å². The van der Waals surface area contributed by atoms with Gasteiger partial charge < -0.3 is 14.6 Å². The summed E-state index contributed by atoms with van der Waals surface area (Å²) in [6.45, 7) is 1.79. The van der Waals surface area contributed by atoms with Crippen molar-refractivity contribution < 1.29 is 29.4 Å². The van der Waals surface area contributed by atoms with Gasteiger partial charge in [-0.05, 0) is 42.0 Å². The molecule has 0 unspecified atom stereocenters. The Balaban J connectivity index is 2.17. The molecule has 2 aromatic carbocycles. The van der Waals surface area contributed by atoms with Crippen LogP contribution in [0.15, 0.2) is 60.7 Å². The first-order valence-corrected chi connectivity index (χ1v) is 9.40. The molecule has 2 rings (SSSR count). The van der Waals surface area contributed by atoms with Crippen LogP contribution in [0.5, 0.6) is 5.75 Å². The number of anilines is 1. The maximum absolute atomic E-state index is 12.5. The van der Waals surface area contributed by atoms with Crippen LogP contribution in [0.25, 0.3) is 0 Å². The Morgan fingerprint density at radius 2 is 1.84 bits per heavy atom. The standard InChI is InChI=1S/C22H23N3O6/c1-15(2-11-20(27)25-29)21(17-5-9-19(10-6-17)30-13-12-26)31-22(28)24-18-7-3-16(14-23)4-8-18/h2-11,15,21,26,29H,12-13H2,1H3,(H,24,28)(H,25,27)/b11-2+/t15-,21+/m0/s1. The fourth-order valence-electron chi connectivity index (χ4n) is 2.66. The van der Waals surface area contributed by atoms with E-state index < -0.39 is 24.0 Å². The van der Waals surface area contributed by atoms with Crippen molar-refractivity contribution >= 4 is 17.7 Å². The number of hydroxylamine groups is 1. The fraction of sp³-hybridized carbons (Fsp3) is 0.227. The molecule has 9 heteroatoms. The number of amides is 2. The molecule has 162 valence electrons. The van der Waals surface area contributed by atoms with Gasteiger partial charge in [0.2, 0.25) is 0 Å². The molecule has 2 atom stereocenters. The Hall–Kier alpha value is -3.87. The molecule has 2 aromatic rings. The number of benzene rings is 2. The van der Waals surface area contributed by atoms with Gasteiger partial charge in [0.15, 0.2) is 0 Å². The average Bonchev–Trinajstić information content (AvgIpc) is 2.80. The van der Waals surface area contributed by atoms with Crippen LogP contribution in [-0.4, -0.2) is 35.5 Å². The van der Waals surface area contributed by atoms with Gasteiger partial charge in [-0.25, -0.2) is 10.3 Å². The van der Waals surface area contributed by atoms with Crippen molar-refractivity contribution in [2.75, 3.05) is 18.5 Å². The highest BCUT2D eigenvalue weighted by Crippen LogP contribution is 2.29. The van der Waals surface area contributed by atoms with E-state index in [2.05, 4.69) is 5.32 Å². The number of aliphatic hydroxyl groups is 1. The number of hydrogen-bond donors (Lipinski definition) is 4. The number of hydrogen-bond acceptors (Lipinski definition) is 7. The molecule has 4 N–H and O–H groups in total. The SMILES string of the molecule is C[C@@H](/C=C/C(=O)NO)[C@@H](OC(=O)Nc1ccc(C#N)cc1)c1ccc(OCCO)cc1. The van der Waals surface area contributed by atoms with Gasteiger partial charge in [-0.15, -0.1) is 0 Å². The first-order chi connectivity index (χ1) is 15.0. The molecule has 0 bridgehead atoms. The Bertz CT molecular complexity index is 935. The molecule has 0 aliphatic carbocycles. The quantitative estimate of drug-likeness (QED) is 0.275. The minimum absolute atomic E-state index is 0.113. The van der Waals surface area contributed by atoms with Crippen LogP contribution < -0.4 is 15.5 Å². The topological polar surface area (TPSA) is 141 Å². The van der Waals surface area contributed by atoms with E-state index >= 15 is 0 Å². The predicted octanol–water partition coefficient (Wildman–Crippen LogP) is 2.92. The molecule has 0 spiro atoms. The van der Waals surface area contributed by atoms with Gasteiger partial charge in [0, 0.05) is 17.7 Å². The molecule has 0 aliphatic rings. The van der Waals surface area contributed by atoms with Crippen LogP contribution in [0.3, 0.4) is 0 Å². The van der Waals surface area contributed by atoms with Crippen molar-refractivity contribution in [3.8, 4) is 11.8 Å². The van der Waals surface area contributed by atoms with E-state index in [1.165, 1.54) is 11.6 Å². The molecular formula is C22H23N3O6. The van der Waals surface area contributed by atoms with Crippen LogP contribution >= 0.6 is 0 Å². The highest BCUT2D eigenvalue weighted by atomic mass is 16.6. The van der Waals surface area contributed by atoms with Crippen molar-refractivity contribution in [1.29, 1.82) is 5.26 Å². The van der Waals surface area contributed by atoms with E-state index in [1.54, 1.807) is 55.5 Å². The Morgan fingerprint density at radius 1 is 1.16 bits per heavy atom. The van der Waals surface area contributed by atoms with E-state index in [0.29, 0.717) is 22.6 Å². The van der Waals surface area contributed by atoms with E-state index in [4.69, 9.17) is 25.0 Å². The molecule has 0 heterocycles. The lowest BCUT2D eigenvalue weighted by Gasteiger charge is -2.23. The third kappa shape index (κ3) is 7.47. The summed E-state index contributed by atoms with van der Waals surface area (Å²) in [7, 11) is 0. The van der Waals surface area contributed by atoms with E-state index in [0.717, 1.165) is 6.08 Å². The zero-order chi connectivity index (χ0) is 22.6. The minimum Gasteiger partial charge on any atom is -0.491 e. The number of rotatable bonds is 9. The van der Waals surface area contributed by atoms with Gasteiger partial charge in [0.25, 0.3) is 5.91 Å². The second kappa shape index (κ2) is 12.0. The van der Waals surface area contributed by atoms with Gasteiger partial charge in [-0.3, -0.25) is 15.3 Å². The summed E-state index contributed by atoms with van der Waals surface area (Å²) in [4.78, 5) is 23.8. The zero-order valence-corrected chi connectivity index (χ0v) is 16.8. The summed E-state index contributed by atoms with van der Waals surface area (Å²) in [6, 6.07) is 15.1. The number of nitriles is 1. The Morgan fingerprint density at radius 3 is 2.42 bits per heavy atom. The summed E-state index contributed by atoms with van der Waals surface area (Å²) >= 11 is 0. The first kappa shape index (κ1) is 23.4. The van der Waals surface area contributed by atoms with Crippen LogP contribution in [0, 0.1) is 17.2 Å². The van der Waals surface area contributed by atoms with Crippen LogP contribution in [0.1, 0.15) is 24.2 Å².